The number of carbonyl (C=O) groups excluding carboxylic acids is 1. The van der Waals surface area contributed by atoms with Crippen molar-refractivity contribution in [2.45, 2.75) is 30.4 Å². The number of carbonyl (C=O) groups is 1. The third-order valence-corrected chi connectivity index (χ3v) is 4.57. The number of amides is 1. The lowest BCUT2D eigenvalue weighted by Crippen LogP contribution is -2.30. The summed E-state index contributed by atoms with van der Waals surface area (Å²) < 4.78 is 12.3. The standard InChI is InChI=1S/C17H22N4O3S/c1-5-8-21-11-19-20-17(21)25-12(2)16(22)18-10-13-6-7-14(23-3)15(9-13)24-4/h5-7,9,11-12H,1,8,10H2,2-4H3,(H,18,22)/t12-/m1/s1. The lowest BCUT2D eigenvalue weighted by molar-refractivity contribution is -0.120. The minimum Gasteiger partial charge on any atom is -0.493 e. The summed E-state index contributed by atoms with van der Waals surface area (Å²) in [4.78, 5) is 12.3. The Morgan fingerprint density at radius 3 is 2.84 bits per heavy atom. The van der Waals surface area contributed by atoms with Crippen LogP contribution in [-0.2, 0) is 17.9 Å². The number of allylic oxidation sites excluding steroid dienone is 1. The summed E-state index contributed by atoms with van der Waals surface area (Å²) in [6.07, 6.45) is 3.38. The molecule has 2 rings (SSSR count). The normalized spacial score (nSPS) is 11.6. The predicted octanol–water partition coefficient (Wildman–Crippen LogP) is 2.28. The van der Waals surface area contributed by atoms with Crippen LogP contribution in [0.4, 0.5) is 0 Å². The highest BCUT2D eigenvalue weighted by Gasteiger charge is 2.17. The smallest absolute Gasteiger partial charge is 0.233 e. The van der Waals surface area contributed by atoms with Crippen molar-refractivity contribution in [3.63, 3.8) is 0 Å². The fourth-order valence-corrected chi connectivity index (χ4v) is 2.99. The van der Waals surface area contributed by atoms with Crippen molar-refractivity contribution in [1.29, 1.82) is 0 Å². The first-order chi connectivity index (χ1) is 12.1. The van der Waals surface area contributed by atoms with Crippen molar-refractivity contribution >= 4 is 17.7 Å². The van der Waals surface area contributed by atoms with Crippen molar-refractivity contribution in [2.24, 2.45) is 0 Å². The molecule has 0 spiro atoms. The Labute approximate surface area is 151 Å². The van der Waals surface area contributed by atoms with Gasteiger partial charge in [-0.25, -0.2) is 0 Å². The quantitative estimate of drug-likeness (QED) is 0.545. The molecule has 0 saturated carbocycles. The van der Waals surface area contributed by atoms with Gasteiger partial charge >= 0.3 is 0 Å². The number of hydrogen-bond donors (Lipinski definition) is 1. The fourth-order valence-electron chi connectivity index (χ4n) is 2.14. The fraction of sp³-hybridized carbons (Fsp3) is 0.353. The molecule has 134 valence electrons. The van der Waals surface area contributed by atoms with Crippen molar-refractivity contribution < 1.29 is 14.3 Å². The van der Waals surface area contributed by atoms with Gasteiger partial charge in [0.1, 0.15) is 6.33 Å². The van der Waals surface area contributed by atoms with E-state index in [1.165, 1.54) is 11.8 Å². The van der Waals surface area contributed by atoms with Crippen molar-refractivity contribution in [3.05, 3.63) is 42.7 Å². The number of benzene rings is 1. The highest BCUT2D eigenvalue weighted by Crippen LogP contribution is 2.27. The maximum absolute atomic E-state index is 12.3. The van der Waals surface area contributed by atoms with Gasteiger partial charge in [0, 0.05) is 13.1 Å². The number of nitrogens with zero attached hydrogens (tertiary/aromatic N) is 3. The molecule has 7 nitrogen and oxygen atoms in total. The first-order valence-corrected chi connectivity index (χ1v) is 8.61. The Bertz CT molecular complexity index is 732. The molecule has 2 aromatic rings. The van der Waals surface area contributed by atoms with E-state index in [9.17, 15) is 4.79 Å². The number of methoxy groups -OCH3 is 2. The topological polar surface area (TPSA) is 78.3 Å². The highest BCUT2D eigenvalue weighted by atomic mass is 32.2. The summed E-state index contributed by atoms with van der Waals surface area (Å²) in [6.45, 7) is 6.54. The Hall–Kier alpha value is -2.48. The molecule has 1 heterocycles. The van der Waals surface area contributed by atoms with Crippen LogP contribution in [0.25, 0.3) is 0 Å². The molecule has 0 aliphatic rings. The number of ether oxygens (including phenoxy) is 2. The SMILES string of the molecule is C=CCn1cnnc1S[C@H](C)C(=O)NCc1ccc(OC)c(OC)c1. The minimum atomic E-state index is -0.298. The zero-order valence-electron chi connectivity index (χ0n) is 14.6. The average Bonchev–Trinajstić information content (AvgIpc) is 3.06. The zero-order valence-corrected chi connectivity index (χ0v) is 15.4. The van der Waals surface area contributed by atoms with Crippen LogP contribution in [0, 0.1) is 0 Å². The van der Waals surface area contributed by atoms with Crippen molar-refractivity contribution in [3.8, 4) is 11.5 Å². The van der Waals surface area contributed by atoms with Gasteiger partial charge in [-0.15, -0.1) is 16.8 Å². The maximum atomic E-state index is 12.3. The molecular formula is C17H22N4O3S. The van der Waals surface area contributed by atoms with Crippen molar-refractivity contribution in [2.75, 3.05) is 14.2 Å². The second-order valence-electron chi connectivity index (χ2n) is 5.22. The molecule has 0 radical (unpaired) electrons. The van der Waals surface area contributed by atoms with E-state index in [4.69, 9.17) is 9.47 Å². The average molecular weight is 362 g/mol. The van der Waals surface area contributed by atoms with Crippen LogP contribution < -0.4 is 14.8 Å². The van der Waals surface area contributed by atoms with Gasteiger partial charge in [-0.1, -0.05) is 23.9 Å². The lowest BCUT2D eigenvalue weighted by Gasteiger charge is -2.13. The summed E-state index contributed by atoms with van der Waals surface area (Å²) in [7, 11) is 3.17. The van der Waals surface area contributed by atoms with E-state index in [-0.39, 0.29) is 11.2 Å². The molecule has 1 atom stereocenters. The van der Waals surface area contributed by atoms with E-state index < -0.39 is 0 Å². The number of nitrogens with one attached hydrogen (secondary N) is 1. The molecule has 0 bridgehead atoms. The Kier molecular flexibility index (Phi) is 6.88. The summed E-state index contributed by atoms with van der Waals surface area (Å²) in [6, 6.07) is 5.55. The van der Waals surface area contributed by atoms with E-state index in [0.29, 0.717) is 29.7 Å². The molecule has 25 heavy (non-hydrogen) atoms. The molecule has 0 saturated heterocycles. The summed E-state index contributed by atoms with van der Waals surface area (Å²) >= 11 is 1.36. The summed E-state index contributed by atoms with van der Waals surface area (Å²) in [5.41, 5.74) is 0.929. The van der Waals surface area contributed by atoms with Gasteiger partial charge in [0.25, 0.3) is 0 Å². The molecule has 1 amide bonds. The van der Waals surface area contributed by atoms with Crippen LogP contribution in [0.3, 0.4) is 0 Å². The van der Waals surface area contributed by atoms with Crippen molar-refractivity contribution in [1.82, 2.24) is 20.1 Å². The number of hydrogen-bond acceptors (Lipinski definition) is 6. The van der Waals surface area contributed by atoms with Gasteiger partial charge in [0.2, 0.25) is 5.91 Å². The molecule has 1 aromatic carbocycles. The van der Waals surface area contributed by atoms with E-state index in [0.717, 1.165) is 5.56 Å². The van der Waals surface area contributed by atoms with Crippen LogP contribution in [-0.4, -0.2) is 40.1 Å². The second-order valence-corrected chi connectivity index (χ2v) is 6.53. The molecule has 0 aliphatic carbocycles. The Morgan fingerprint density at radius 2 is 2.16 bits per heavy atom. The van der Waals surface area contributed by atoms with Gasteiger partial charge in [0.15, 0.2) is 16.7 Å². The van der Waals surface area contributed by atoms with Gasteiger partial charge in [-0.3, -0.25) is 4.79 Å². The lowest BCUT2D eigenvalue weighted by atomic mass is 10.2. The largest absolute Gasteiger partial charge is 0.493 e. The molecule has 1 N–H and O–H groups in total. The zero-order chi connectivity index (χ0) is 18.2. The molecule has 0 unspecified atom stereocenters. The molecule has 8 heteroatoms. The number of rotatable bonds is 9. The van der Waals surface area contributed by atoms with Crippen LogP contribution in [0.1, 0.15) is 12.5 Å². The van der Waals surface area contributed by atoms with Gasteiger partial charge in [-0.2, -0.15) is 0 Å². The van der Waals surface area contributed by atoms with E-state index in [2.05, 4.69) is 22.1 Å². The van der Waals surface area contributed by atoms with Gasteiger partial charge < -0.3 is 19.4 Å². The van der Waals surface area contributed by atoms with Gasteiger partial charge in [0.05, 0.1) is 19.5 Å². The third-order valence-electron chi connectivity index (χ3n) is 3.47. The molecule has 0 fully saturated rings. The first kappa shape index (κ1) is 18.9. The predicted molar refractivity (Wildman–Crippen MR) is 96.9 cm³/mol. The van der Waals surface area contributed by atoms with Crippen LogP contribution >= 0.6 is 11.8 Å². The van der Waals surface area contributed by atoms with Crippen LogP contribution in [0.2, 0.25) is 0 Å². The Morgan fingerprint density at radius 1 is 1.40 bits per heavy atom. The van der Waals surface area contributed by atoms with E-state index >= 15 is 0 Å². The van der Waals surface area contributed by atoms with E-state index in [1.807, 2.05) is 29.7 Å². The Balaban J connectivity index is 1.93. The summed E-state index contributed by atoms with van der Waals surface area (Å²) in [5.74, 6) is 1.21. The number of aromatic nitrogens is 3. The monoisotopic (exact) mass is 362 g/mol. The number of thioether (sulfide) groups is 1. The van der Waals surface area contributed by atoms with Gasteiger partial charge in [-0.05, 0) is 24.6 Å². The molecule has 1 aromatic heterocycles. The summed E-state index contributed by atoms with van der Waals surface area (Å²) in [5, 5.41) is 11.2. The second kappa shape index (κ2) is 9.12. The minimum absolute atomic E-state index is 0.0760. The first-order valence-electron chi connectivity index (χ1n) is 7.73. The third kappa shape index (κ3) is 4.99. The van der Waals surface area contributed by atoms with Crippen LogP contribution in [0.5, 0.6) is 11.5 Å². The molecule has 0 aliphatic heterocycles. The molecular weight excluding hydrogens is 340 g/mol. The maximum Gasteiger partial charge on any atom is 0.233 e. The van der Waals surface area contributed by atoms with E-state index in [1.54, 1.807) is 26.6 Å². The highest BCUT2D eigenvalue weighted by molar-refractivity contribution is 8.00. The van der Waals surface area contributed by atoms with Crippen LogP contribution in [0.15, 0.2) is 42.3 Å².